The molecule has 1 N–H and O–H groups in total. The Morgan fingerprint density at radius 2 is 2.24 bits per heavy atom. The van der Waals surface area contributed by atoms with E-state index in [1.807, 2.05) is 13.8 Å². The van der Waals surface area contributed by atoms with E-state index in [0.29, 0.717) is 13.2 Å². The molecule has 1 amide bonds. The first-order valence-corrected chi connectivity index (χ1v) is 5.88. The van der Waals surface area contributed by atoms with E-state index >= 15 is 0 Å². The summed E-state index contributed by atoms with van der Waals surface area (Å²) in [6.45, 7) is 5.97. The molecule has 0 aromatic carbocycles. The Morgan fingerprint density at radius 3 is 2.82 bits per heavy atom. The Morgan fingerprint density at radius 1 is 1.53 bits per heavy atom. The Balaban J connectivity index is 2.08. The van der Waals surface area contributed by atoms with Gasteiger partial charge < -0.3 is 19.3 Å². The molecule has 0 aliphatic carbocycles. The lowest BCUT2D eigenvalue weighted by Gasteiger charge is -2.27. The second kappa shape index (κ2) is 4.44. The quantitative estimate of drug-likeness (QED) is 0.759. The van der Waals surface area contributed by atoms with Crippen molar-refractivity contribution in [3.63, 3.8) is 0 Å². The topological polar surface area (TPSA) is 68.2 Å². The molecule has 98 valence electrons. The average molecular weight is 245 g/mol. The molecule has 0 unspecified atom stereocenters. The van der Waals surface area contributed by atoms with Gasteiger partial charge in [0.15, 0.2) is 5.79 Å². The van der Waals surface area contributed by atoms with E-state index in [4.69, 9.17) is 14.2 Å². The van der Waals surface area contributed by atoms with E-state index in [9.17, 15) is 9.90 Å². The van der Waals surface area contributed by atoms with Crippen LogP contribution >= 0.6 is 0 Å². The smallest absolute Gasteiger partial charge is 0.410 e. The van der Waals surface area contributed by atoms with Gasteiger partial charge in [-0.25, -0.2) is 4.79 Å². The van der Waals surface area contributed by atoms with Gasteiger partial charge >= 0.3 is 6.09 Å². The molecule has 3 atom stereocenters. The predicted octanol–water partition coefficient (Wildman–Crippen LogP) is 0.339. The lowest BCUT2D eigenvalue weighted by Crippen LogP contribution is -2.44. The second-order valence-electron chi connectivity index (χ2n) is 4.74. The highest BCUT2D eigenvalue weighted by Gasteiger charge is 2.53. The van der Waals surface area contributed by atoms with Gasteiger partial charge in [0.25, 0.3) is 0 Å². The molecular formula is C11H19NO5. The van der Waals surface area contributed by atoms with Gasteiger partial charge in [-0.2, -0.15) is 0 Å². The number of carbonyl (C=O) groups excluding carboxylic acids is 1. The summed E-state index contributed by atoms with van der Waals surface area (Å²) in [5.41, 5.74) is 0. The predicted molar refractivity (Wildman–Crippen MR) is 58.4 cm³/mol. The van der Waals surface area contributed by atoms with Crippen molar-refractivity contribution in [1.29, 1.82) is 0 Å². The van der Waals surface area contributed by atoms with Gasteiger partial charge in [-0.05, 0) is 20.8 Å². The van der Waals surface area contributed by atoms with Crippen molar-refractivity contribution in [2.75, 3.05) is 19.8 Å². The monoisotopic (exact) mass is 245 g/mol. The molecule has 6 nitrogen and oxygen atoms in total. The Kier molecular flexibility index (Phi) is 3.29. The lowest BCUT2D eigenvalue weighted by atomic mass is 10.1. The van der Waals surface area contributed by atoms with Crippen LogP contribution in [-0.2, 0) is 14.2 Å². The highest BCUT2D eigenvalue weighted by Crippen LogP contribution is 2.36. The van der Waals surface area contributed by atoms with Crippen LogP contribution in [0.2, 0.25) is 0 Å². The number of nitrogens with zero attached hydrogens (tertiary/aromatic N) is 1. The third kappa shape index (κ3) is 2.25. The van der Waals surface area contributed by atoms with Gasteiger partial charge in [0, 0.05) is 0 Å². The number of fused-ring (bicyclic) bond motifs is 1. The highest BCUT2D eigenvalue weighted by atomic mass is 16.8. The second-order valence-corrected chi connectivity index (χ2v) is 4.74. The fourth-order valence-corrected chi connectivity index (χ4v) is 2.46. The zero-order valence-electron chi connectivity index (χ0n) is 10.4. The van der Waals surface area contributed by atoms with Crippen molar-refractivity contribution in [2.24, 2.45) is 0 Å². The average Bonchev–Trinajstić information content (AvgIpc) is 2.69. The van der Waals surface area contributed by atoms with Crippen molar-refractivity contribution < 1.29 is 24.1 Å². The van der Waals surface area contributed by atoms with E-state index in [2.05, 4.69) is 0 Å². The first-order valence-electron chi connectivity index (χ1n) is 5.88. The Hall–Kier alpha value is -0.850. The summed E-state index contributed by atoms with van der Waals surface area (Å²) in [6, 6.07) is -0.388. The summed E-state index contributed by atoms with van der Waals surface area (Å²) in [4.78, 5) is 13.2. The lowest BCUT2D eigenvalue weighted by molar-refractivity contribution is -0.161. The Bertz CT molecular complexity index is 306. The molecule has 2 aliphatic heterocycles. The SMILES string of the molecule is CCOC(=O)N1C[C@H]2OC(C)(C)O[C@H]2[C@H]1CO. The van der Waals surface area contributed by atoms with Crippen LogP contribution in [0.15, 0.2) is 0 Å². The minimum Gasteiger partial charge on any atom is -0.450 e. The van der Waals surface area contributed by atoms with Gasteiger partial charge in [0.2, 0.25) is 0 Å². The summed E-state index contributed by atoms with van der Waals surface area (Å²) < 4.78 is 16.3. The number of hydrogen-bond donors (Lipinski definition) is 1. The largest absolute Gasteiger partial charge is 0.450 e. The zero-order chi connectivity index (χ0) is 12.6. The molecule has 17 heavy (non-hydrogen) atoms. The van der Waals surface area contributed by atoms with E-state index in [-0.39, 0.29) is 24.9 Å². The summed E-state index contributed by atoms with van der Waals surface area (Å²) in [5.74, 6) is -0.649. The number of likely N-dealkylation sites (tertiary alicyclic amines) is 1. The summed E-state index contributed by atoms with van der Waals surface area (Å²) in [5, 5.41) is 9.39. The minimum atomic E-state index is -0.649. The highest BCUT2D eigenvalue weighted by molar-refractivity contribution is 5.68. The normalized spacial score (nSPS) is 34.8. The fraction of sp³-hybridized carbons (Fsp3) is 0.909. The number of rotatable bonds is 2. The van der Waals surface area contributed by atoms with Crippen LogP contribution in [-0.4, -0.2) is 59.9 Å². The summed E-state index contributed by atoms with van der Waals surface area (Å²) in [7, 11) is 0. The first kappa shape index (κ1) is 12.6. The summed E-state index contributed by atoms with van der Waals surface area (Å²) in [6.07, 6.45) is -0.892. The van der Waals surface area contributed by atoms with Gasteiger partial charge in [-0.1, -0.05) is 0 Å². The molecule has 0 saturated carbocycles. The van der Waals surface area contributed by atoms with Crippen LogP contribution in [0.3, 0.4) is 0 Å². The van der Waals surface area contributed by atoms with E-state index < -0.39 is 11.9 Å². The number of aliphatic hydroxyl groups excluding tert-OH is 1. The molecule has 2 saturated heterocycles. The standard InChI is InChI=1S/C11H19NO5/c1-4-15-10(14)12-5-8-9(7(12)6-13)17-11(2,3)16-8/h7-9,13H,4-6H2,1-3H3/t7-,8-,9+/m1/s1. The molecule has 2 rings (SSSR count). The molecule has 2 fully saturated rings. The maximum atomic E-state index is 11.7. The zero-order valence-corrected chi connectivity index (χ0v) is 10.4. The van der Waals surface area contributed by atoms with Crippen LogP contribution in [0, 0.1) is 0 Å². The van der Waals surface area contributed by atoms with E-state index in [1.165, 1.54) is 4.90 Å². The molecule has 6 heteroatoms. The molecule has 0 aromatic rings. The molecular weight excluding hydrogens is 226 g/mol. The maximum Gasteiger partial charge on any atom is 0.410 e. The third-order valence-electron chi connectivity index (χ3n) is 3.07. The van der Waals surface area contributed by atoms with Crippen molar-refractivity contribution >= 4 is 6.09 Å². The number of aliphatic hydroxyl groups is 1. The molecule has 0 spiro atoms. The van der Waals surface area contributed by atoms with Crippen molar-refractivity contribution in [3.8, 4) is 0 Å². The van der Waals surface area contributed by atoms with Crippen molar-refractivity contribution in [3.05, 3.63) is 0 Å². The van der Waals surface area contributed by atoms with Crippen LogP contribution in [0.25, 0.3) is 0 Å². The van der Waals surface area contributed by atoms with Crippen LogP contribution < -0.4 is 0 Å². The maximum absolute atomic E-state index is 11.7. The van der Waals surface area contributed by atoms with Crippen molar-refractivity contribution in [1.82, 2.24) is 4.90 Å². The van der Waals surface area contributed by atoms with Crippen LogP contribution in [0.1, 0.15) is 20.8 Å². The number of amides is 1. The van der Waals surface area contributed by atoms with Gasteiger partial charge in [0.1, 0.15) is 12.2 Å². The molecule has 0 aromatic heterocycles. The van der Waals surface area contributed by atoms with Gasteiger partial charge in [-0.3, -0.25) is 4.90 Å². The minimum absolute atomic E-state index is 0.153. The third-order valence-corrected chi connectivity index (χ3v) is 3.07. The number of ether oxygens (including phenoxy) is 3. The van der Waals surface area contributed by atoms with E-state index in [0.717, 1.165) is 0 Å². The van der Waals surface area contributed by atoms with Gasteiger partial charge in [-0.15, -0.1) is 0 Å². The first-order chi connectivity index (χ1) is 7.98. The van der Waals surface area contributed by atoms with Crippen LogP contribution in [0.4, 0.5) is 4.79 Å². The number of hydrogen-bond acceptors (Lipinski definition) is 5. The molecule has 0 radical (unpaired) electrons. The fourth-order valence-electron chi connectivity index (χ4n) is 2.46. The van der Waals surface area contributed by atoms with E-state index in [1.54, 1.807) is 6.92 Å². The molecule has 0 bridgehead atoms. The van der Waals surface area contributed by atoms with Crippen molar-refractivity contribution in [2.45, 2.75) is 44.8 Å². The summed E-state index contributed by atoms with van der Waals surface area (Å²) >= 11 is 0. The Labute approximate surface area is 100 Å². The van der Waals surface area contributed by atoms with Gasteiger partial charge in [0.05, 0.1) is 25.8 Å². The molecule has 2 heterocycles. The van der Waals surface area contributed by atoms with Crippen LogP contribution in [0.5, 0.6) is 0 Å². The molecule has 2 aliphatic rings. The number of carbonyl (C=O) groups is 1.